The second-order valence-electron chi connectivity index (χ2n) is 4.35. The largest absolute Gasteiger partial charge is 0.484 e. The Labute approximate surface area is 111 Å². The molecule has 0 aromatic heterocycles. The molecule has 17 heavy (non-hydrogen) atoms. The molecule has 4 heteroatoms. The molecule has 1 aromatic carbocycles. The van der Waals surface area contributed by atoms with Gasteiger partial charge in [0.05, 0.1) is 0 Å². The number of amides is 1. The van der Waals surface area contributed by atoms with Gasteiger partial charge in [-0.05, 0) is 31.0 Å². The monoisotopic (exact) mass is 299 g/mol. The Morgan fingerprint density at radius 2 is 2.12 bits per heavy atom. The number of rotatable bonds is 5. The van der Waals surface area contributed by atoms with E-state index in [1.54, 1.807) is 0 Å². The van der Waals surface area contributed by atoms with Crippen LogP contribution in [0.1, 0.15) is 20.8 Å². The van der Waals surface area contributed by atoms with Crippen molar-refractivity contribution in [2.24, 2.45) is 5.92 Å². The first-order valence-electron chi connectivity index (χ1n) is 5.66. The lowest BCUT2D eigenvalue weighted by Gasteiger charge is -2.17. The number of hydrogen-bond acceptors (Lipinski definition) is 2. The molecule has 0 saturated heterocycles. The summed E-state index contributed by atoms with van der Waals surface area (Å²) < 4.78 is 6.32. The fourth-order valence-electron chi connectivity index (χ4n) is 1.17. The van der Waals surface area contributed by atoms with Gasteiger partial charge >= 0.3 is 0 Å². The van der Waals surface area contributed by atoms with Crippen LogP contribution in [0.2, 0.25) is 0 Å². The molecule has 0 aliphatic carbocycles. The van der Waals surface area contributed by atoms with Crippen LogP contribution < -0.4 is 10.1 Å². The van der Waals surface area contributed by atoms with Gasteiger partial charge in [0, 0.05) is 10.5 Å². The number of halogens is 1. The summed E-state index contributed by atoms with van der Waals surface area (Å²) in [5, 5.41) is 2.89. The van der Waals surface area contributed by atoms with E-state index in [-0.39, 0.29) is 18.6 Å². The van der Waals surface area contributed by atoms with Crippen LogP contribution in [0, 0.1) is 5.92 Å². The average Bonchev–Trinajstić information content (AvgIpc) is 2.26. The molecule has 3 nitrogen and oxygen atoms in total. The molecule has 1 unspecified atom stereocenters. The number of hydrogen-bond donors (Lipinski definition) is 1. The van der Waals surface area contributed by atoms with E-state index in [2.05, 4.69) is 35.1 Å². The topological polar surface area (TPSA) is 38.3 Å². The quantitative estimate of drug-likeness (QED) is 0.908. The van der Waals surface area contributed by atoms with E-state index in [4.69, 9.17) is 4.74 Å². The molecule has 0 saturated carbocycles. The molecular weight excluding hydrogens is 282 g/mol. The van der Waals surface area contributed by atoms with Crippen LogP contribution in [-0.4, -0.2) is 18.6 Å². The fourth-order valence-corrected chi connectivity index (χ4v) is 1.55. The number of carbonyl (C=O) groups excluding carboxylic acids is 1. The predicted molar refractivity (Wildman–Crippen MR) is 72.1 cm³/mol. The molecule has 0 heterocycles. The normalized spacial score (nSPS) is 12.3. The summed E-state index contributed by atoms with van der Waals surface area (Å²) in [5.74, 6) is 1.02. The third-order valence-corrected chi connectivity index (χ3v) is 3.05. The molecule has 0 radical (unpaired) electrons. The molecule has 94 valence electrons. The minimum absolute atomic E-state index is 0.0491. The molecule has 1 N–H and O–H groups in total. The molecule has 1 atom stereocenters. The van der Waals surface area contributed by atoms with E-state index in [0.717, 1.165) is 4.47 Å². The Kier molecular flexibility index (Phi) is 5.48. The average molecular weight is 300 g/mol. The standard InChI is InChI=1S/C13H18BrNO2/c1-9(2)10(3)15-13(16)8-17-12-6-4-5-11(14)7-12/h4-7,9-10H,8H2,1-3H3,(H,15,16). The van der Waals surface area contributed by atoms with Gasteiger partial charge in [-0.15, -0.1) is 0 Å². The molecule has 0 bridgehead atoms. The number of nitrogens with one attached hydrogen (secondary N) is 1. The lowest BCUT2D eigenvalue weighted by atomic mass is 10.1. The van der Waals surface area contributed by atoms with Gasteiger partial charge in [-0.2, -0.15) is 0 Å². The molecule has 1 rings (SSSR count). The van der Waals surface area contributed by atoms with Crippen molar-refractivity contribution >= 4 is 21.8 Å². The molecule has 1 aromatic rings. The summed E-state index contributed by atoms with van der Waals surface area (Å²) in [4.78, 5) is 11.6. The molecule has 0 spiro atoms. The predicted octanol–water partition coefficient (Wildman–Crippen LogP) is 2.99. The number of carbonyl (C=O) groups is 1. The Balaban J connectivity index is 2.38. The zero-order valence-electron chi connectivity index (χ0n) is 10.4. The van der Waals surface area contributed by atoms with Crippen LogP contribution in [0.4, 0.5) is 0 Å². The minimum Gasteiger partial charge on any atom is -0.484 e. The third kappa shape index (κ3) is 5.22. The molecule has 1 amide bonds. The van der Waals surface area contributed by atoms with Crippen molar-refractivity contribution in [2.45, 2.75) is 26.8 Å². The second-order valence-corrected chi connectivity index (χ2v) is 5.26. The van der Waals surface area contributed by atoms with E-state index in [9.17, 15) is 4.79 Å². The summed E-state index contributed by atoms with van der Waals surface area (Å²) in [6.07, 6.45) is 0. The smallest absolute Gasteiger partial charge is 0.258 e. The second kappa shape index (κ2) is 6.64. The third-order valence-electron chi connectivity index (χ3n) is 2.55. The van der Waals surface area contributed by atoms with Gasteiger partial charge in [-0.25, -0.2) is 0 Å². The van der Waals surface area contributed by atoms with Crippen LogP contribution in [0.3, 0.4) is 0 Å². The summed E-state index contributed by atoms with van der Waals surface area (Å²) in [7, 11) is 0. The number of benzene rings is 1. The van der Waals surface area contributed by atoms with Crippen LogP contribution in [0.5, 0.6) is 5.75 Å². The maximum absolute atomic E-state index is 11.6. The summed E-state index contributed by atoms with van der Waals surface area (Å²) in [6, 6.07) is 7.60. The van der Waals surface area contributed by atoms with Crippen molar-refractivity contribution < 1.29 is 9.53 Å². The van der Waals surface area contributed by atoms with Crippen LogP contribution >= 0.6 is 15.9 Å². The van der Waals surface area contributed by atoms with E-state index in [1.165, 1.54) is 0 Å². The first kappa shape index (κ1) is 14.0. The van der Waals surface area contributed by atoms with E-state index in [1.807, 2.05) is 31.2 Å². The van der Waals surface area contributed by atoms with Crippen LogP contribution in [-0.2, 0) is 4.79 Å². The highest BCUT2D eigenvalue weighted by Gasteiger charge is 2.10. The zero-order chi connectivity index (χ0) is 12.8. The Morgan fingerprint density at radius 1 is 1.41 bits per heavy atom. The SMILES string of the molecule is CC(C)C(C)NC(=O)COc1cccc(Br)c1. The van der Waals surface area contributed by atoms with Crippen molar-refractivity contribution in [3.63, 3.8) is 0 Å². The molecular formula is C13H18BrNO2. The van der Waals surface area contributed by atoms with Gasteiger partial charge in [0.1, 0.15) is 5.75 Å². The summed E-state index contributed by atoms with van der Waals surface area (Å²) in [5.41, 5.74) is 0. The highest BCUT2D eigenvalue weighted by atomic mass is 79.9. The molecule has 0 aliphatic rings. The van der Waals surface area contributed by atoms with Crippen molar-refractivity contribution in [3.8, 4) is 5.75 Å². The van der Waals surface area contributed by atoms with Gasteiger partial charge in [0.25, 0.3) is 5.91 Å². The van der Waals surface area contributed by atoms with E-state index >= 15 is 0 Å². The van der Waals surface area contributed by atoms with Crippen molar-refractivity contribution in [2.75, 3.05) is 6.61 Å². The summed E-state index contributed by atoms with van der Waals surface area (Å²) in [6.45, 7) is 6.18. The van der Waals surface area contributed by atoms with Gasteiger partial charge in [0.15, 0.2) is 6.61 Å². The van der Waals surface area contributed by atoms with Gasteiger partial charge < -0.3 is 10.1 Å². The highest BCUT2D eigenvalue weighted by molar-refractivity contribution is 9.10. The Bertz CT molecular complexity index is 379. The van der Waals surface area contributed by atoms with Crippen LogP contribution in [0.25, 0.3) is 0 Å². The zero-order valence-corrected chi connectivity index (χ0v) is 12.0. The highest BCUT2D eigenvalue weighted by Crippen LogP contribution is 2.17. The first-order valence-corrected chi connectivity index (χ1v) is 6.46. The maximum Gasteiger partial charge on any atom is 0.258 e. The van der Waals surface area contributed by atoms with Crippen LogP contribution in [0.15, 0.2) is 28.7 Å². The minimum atomic E-state index is -0.0915. The lowest BCUT2D eigenvalue weighted by Crippen LogP contribution is -2.38. The Morgan fingerprint density at radius 3 is 2.71 bits per heavy atom. The van der Waals surface area contributed by atoms with Crippen molar-refractivity contribution in [3.05, 3.63) is 28.7 Å². The fraction of sp³-hybridized carbons (Fsp3) is 0.462. The Hall–Kier alpha value is -1.03. The van der Waals surface area contributed by atoms with E-state index < -0.39 is 0 Å². The molecule has 0 fully saturated rings. The molecule has 0 aliphatic heterocycles. The van der Waals surface area contributed by atoms with Gasteiger partial charge in [-0.3, -0.25) is 4.79 Å². The van der Waals surface area contributed by atoms with Gasteiger partial charge in [-0.1, -0.05) is 35.8 Å². The van der Waals surface area contributed by atoms with Gasteiger partial charge in [0.2, 0.25) is 0 Å². The maximum atomic E-state index is 11.6. The first-order chi connectivity index (χ1) is 7.99. The van der Waals surface area contributed by atoms with E-state index in [0.29, 0.717) is 11.7 Å². The number of ether oxygens (including phenoxy) is 1. The summed E-state index contributed by atoms with van der Waals surface area (Å²) >= 11 is 3.35. The van der Waals surface area contributed by atoms with Crippen molar-refractivity contribution in [1.29, 1.82) is 0 Å². The van der Waals surface area contributed by atoms with Crippen molar-refractivity contribution in [1.82, 2.24) is 5.32 Å². The lowest BCUT2D eigenvalue weighted by molar-refractivity contribution is -0.124.